The molecule has 3 rings (SSSR count). The van der Waals surface area contributed by atoms with E-state index in [1.807, 2.05) is 0 Å². The van der Waals surface area contributed by atoms with Crippen LogP contribution in [0.1, 0.15) is 29.6 Å². The monoisotopic (exact) mass is 278 g/mol. The molecule has 2 N–H and O–H groups in total. The highest BCUT2D eigenvalue weighted by Crippen LogP contribution is 2.36. The number of likely N-dealkylation sites (tertiary alicyclic amines) is 1. The Morgan fingerprint density at radius 1 is 1.50 bits per heavy atom. The summed E-state index contributed by atoms with van der Waals surface area (Å²) in [5.74, 6) is -0.334. The molecule has 2 atom stereocenters. The van der Waals surface area contributed by atoms with Gasteiger partial charge < -0.3 is 19.7 Å². The first kappa shape index (κ1) is 13.3. The summed E-state index contributed by atoms with van der Waals surface area (Å²) in [4.78, 5) is 28.0. The van der Waals surface area contributed by atoms with Crippen LogP contribution in [0.3, 0.4) is 0 Å². The predicted molar refractivity (Wildman–Crippen MR) is 71.5 cm³/mol. The number of aliphatic hydroxyl groups is 1. The van der Waals surface area contributed by atoms with Gasteiger partial charge >= 0.3 is 0 Å². The number of hydrogen-bond donors (Lipinski definition) is 2. The predicted octanol–water partition coefficient (Wildman–Crippen LogP) is 0.131. The number of aliphatic hydroxyl groups excluding tert-OH is 1. The Bertz CT molecular complexity index is 562. The van der Waals surface area contributed by atoms with Crippen molar-refractivity contribution in [2.75, 3.05) is 19.7 Å². The number of piperidine rings is 1. The van der Waals surface area contributed by atoms with Gasteiger partial charge in [-0.25, -0.2) is 0 Å². The summed E-state index contributed by atoms with van der Waals surface area (Å²) < 4.78 is 5.70. The molecule has 0 bridgehead atoms. The minimum atomic E-state index is -0.689. The summed E-state index contributed by atoms with van der Waals surface area (Å²) >= 11 is 0. The van der Waals surface area contributed by atoms with E-state index in [0.717, 1.165) is 12.8 Å². The molecule has 2 aliphatic rings. The molecule has 0 radical (unpaired) electrons. The number of β-amino-alcohol motifs (C(OH)–C–C–N with tert-alkyl or cyclic N) is 1. The van der Waals surface area contributed by atoms with E-state index >= 15 is 0 Å². The normalized spacial score (nSPS) is 29.9. The van der Waals surface area contributed by atoms with Crippen LogP contribution in [0.2, 0.25) is 0 Å². The van der Waals surface area contributed by atoms with Crippen LogP contribution in [0.25, 0.3) is 0 Å². The standard InChI is InChI=1S/C14H18N2O4/c17-11-9-16(7-5-14(11)4-2-8-20-14)13(19)10-3-1-6-15-12(10)18/h1,3,6,11,17H,2,4-5,7-9H2,(H,15,18)/t11-,14-/m0/s1. The van der Waals surface area contributed by atoms with Gasteiger partial charge in [-0.15, -0.1) is 0 Å². The maximum atomic E-state index is 12.3. The van der Waals surface area contributed by atoms with Gasteiger partial charge in [-0.1, -0.05) is 0 Å². The van der Waals surface area contributed by atoms with Crippen molar-refractivity contribution in [1.29, 1.82) is 0 Å². The van der Waals surface area contributed by atoms with Gasteiger partial charge in [0, 0.05) is 25.9 Å². The largest absolute Gasteiger partial charge is 0.388 e. The van der Waals surface area contributed by atoms with E-state index in [9.17, 15) is 14.7 Å². The van der Waals surface area contributed by atoms with Gasteiger partial charge in [0.25, 0.3) is 11.5 Å². The molecular weight excluding hydrogens is 260 g/mol. The summed E-state index contributed by atoms with van der Waals surface area (Å²) in [5, 5.41) is 10.3. The topological polar surface area (TPSA) is 82.6 Å². The van der Waals surface area contributed by atoms with Gasteiger partial charge in [0.1, 0.15) is 11.7 Å². The lowest BCUT2D eigenvalue weighted by Crippen LogP contribution is -2.56. The number of amides is 1. The molecule has 0 aromatic carbocycles. The quantitative estimate of drug-likeness (QED) is 0.765. The highest BCUT2D eigenvalue weighted by molar-refractivity contribution is 5.93. The van der Waals surface area contributed by atoms with Crippen molar-refractivity contribution < 1.29 is 14.6 Å². The van der Waals surface area contributed by atoms with Gasteiger partial charge in [0.2, 0.25) is 0 Å². The Balaban J connectivity index is 1.76. The molecule has 6 nitrogen and oxygen atoms in total. The number of hydrogen-bond acceptors (Lipinski definition) is 4. The lowest BCUT2D eigenvalue weighted by atomic mass is 9.86. The number of carbonyl (C=O) groups is 1. The lowest BCUT2D eigenvalue weighted by molar-refractivity contribution is -0.123. The third kappa shape index (κ3) is 2.14. The molecule has 6 heteroatoms. The van der Waals surface area contributed by atoms with Crippen LogP contribution in [0.15, 0.2) is 23.1 Å². The number of rotatable bonds is 1. The molecule has 1 spiro atoms. The van der Waals surface area contributed by atoms with Gasteiger partial charge in [-0.2, -0.15) is 0 Å². The third-order valence-electron chi connectivity index (χ3n) is 4.28. The zero-order chi connectivity index (χ0) is 14.2. The number of aromatic amines is 1. The van der Waals surface area contributed by atoms with Crippen molar-refractivity contribution in [3.05, 3.63) is 34.2 Å². The van der Waals surface area contributed by atoms with Crippen LogP contribution in [-0.4, -0.2) is 52.3 Å². The zero-order valence-electron chi connectivity index (χ0n) is 11.2. The molecule has 0 aliphatic carbocycles. The van der Waals surface area contributed by atoms with E-state index in [1.54, 1.807) is 6.07 Å². The number of nitrogens with zero attached hydrogens (tertiary/aromatic N) is 1. The Labute approximate surface area is 116 Å². The van der Waals surface area contributed by atoms with Crippen LogP contribution in [0, 0.1) is 0 Å². The first-order valence-electron chi connectivity index (χ1n) is 6.91. The second-order valence-corrected chi connectivity index (χ2v) is 5.45. The highest BCUT2D eigenvalue weighted by atomic mass is 16.5. The Hall–Kier alpha value is -1.66. The molecule has 2 saturated heterocycles. The molecular formula is C14H18N2O4. The van der Waals surface area contributed by atoms with Crippen molar-refractivity contribution in [2.24, 2.45) is 0 Å². The second kappa shape index (κ2) is 5.03. The lowest BCUT2D eigenvalue weighted by Gasteiger charge is -2.42. The van der Waals surface area contributed by atoms with Crippen LogP contribution in [-0.2, 0) is 4.74 Å². The molecule has 20 heavy (non-hydrogen) atoms. The SMILES string of the molecule is O=C(c1ccc[nH]c1=O)N1CC[C@@]2(CCCO2)[C@@H](O)C1. The molecule has 3 heterocycles. The molecule has 108 valence electrons. The number of aromatic nitrogens is 1. The van der Waals surface area contributed by atoms with Gasteiger partial charge in [0.15, 0.2) is 0 Å². The average Bonchev–Trinajstić information content (AvgIpc) is 2.92. The number of nitrogens with one attached hydrogen (secondary N) is 1. The summed E-state index contributed by atoms with van der Waals surface area (Å²) in [6.07, 6.45) is 3.20. The number of H-pyrrole nitrogens is 1. The van der Waals surface area contributed by atoms with Crippen LogP contribution >= 0.6 is 0 Å². The molecule has 0 unspecified atom stereocenters. The van der Waals surface area contributed by atoms with Gasteiger partial charge in [-0.05, 0) is 31.4 Å². The molecule has 2 aliphatic heterocycles. The van der Waals surface area contributed by atoms with Crippen molar-refractivity contribution in [3.63, 3.8) is 0 Å². The highest BCUT2D eigenvalue weighted by Gasteiger charge is 2.46. The maximum absolute atomic E-state index is 12.3. The van der Waals surface area contributed by atoms with Gasteiger partial charge in [0.05, 0.1) is 5.60 Å². The molecule has 2 fully saturated rings. The fraction of sp³-hybridized carbons (Fsp3) is 0.571. The fourth-order valence-corrected chi connectivity index (χ4v) is 3.08. The van der Waals surface area contributed by atoms with E-state index in [2.05, 4.69) is 4.98 Å². The molecule has 1 aromatic heterocycles. The van der Waals surface area contributed by atoms with Gasteiger partial charge in [-0.3, -0.25) is 9.59 Å². The number of ether oxygens (including phenoxy) is 1. The summed E-state index contributed by atoms with van der Waals surface area (Å²) in [7, 11) is 0. The summed E-state index contributed by atoms with van der Waals surface area (Å²) in [5.41, 5.74) is -0.771. The Kier molecular flexibility index (Phi) is 3.35. The number of pyridine rings is 1. The second-order valence-electron chi connectivity index (χ2n) is 5.45. The van der Waals surface area contributed by atoms with Crippen LogP contribution in [0.4, 0.5) is 0 Å². The summed E-state index contributed by atoms with van der Waals surface area (Å²) in [6, 6.07) is 3.13. The minimum Gasteiger partial charge on any atom is -0.388 e. The maximum Gasteiger partial charge on any atom is 0.260 e. The van der Waals surface area contributed by atoms with E-state index in [-0.39, 0.29) is 18.0 Å². The zero-order valence-corrected chi connectivity index (χ0v) is 11.2. The van der Waals surface area contributed by atoms with Crippen LogP contribution < -0.4 is 5.56 Å². The first-order valence-corrected chi connectivity index (χ1v) is 6.91. The van der Waals surface area contributed by atoms with E-state index < -0.39 is 17.3 Å². The number of carbonyl (C=O) groups excluding carboxylic acids is 1. The summed E-state index contributed by atoms with van der Waals surface area (Å²) in [6.45, 7) is 1.39. The van der Waals surface area contributed by atoms with Crippen LogP contribution in [0.5, 0.6) is 0 Å². The van der Waals surface area contributed by atoms with Crippen molar-refractivity contribution in [3.8, 4) is 0 Å². The minimum absolute atomic E-state index is 0.114. The molecule has 1 amide bonds. The Morgan fingerprint density at radius 2 is 2.35 bits per heavy atom. The molecule has 0 saturated carbocycles. The first-order chi connectivity index (χ1) is 9.62. The van der Waals surface area contributed by atoms with E-state index in [0.29, 0.717) is 19.6 Å². The van der Waals surface area contributed by atoms with E-state index in [1.165, 1.54) is 17.2 Å². The van der Waals surface area contributed by atoms with Crippen molar-refractivity contribution in [2.45, 2.75) is 31.0 Å². The van der Waals surface area contributed by atoms with E-state index in [4.69, 9.17) is 4.74 Å². The van der Waals surface area contributed by atoms with Crippen molar-refractivity contribution >= 4 is 5.91 Å². The van der Waals surface area contributed by atoms with Crippen molar-refractivity contribution in [1.82, 2.24) is 9.88 Å². The third-order valence-corrected chi connectivity index (χ3v) is 4.28. The smallest absolute Gasteiger partial charge is 0.260 e. The molecule has 1 aromatic rings. The fourth-order valence-electron chi connectivity index (χ4n) is 3.08. The Morgan fingerprint density at radius 3 is 3.00 bits per heavy atom. The average molecular weight is 278 g/mol.